The predicted molar refractivity (Wildman–Crippen MR) is 64.2 cm³/mol. The van der Waals surface area contributed by atoms with Gasteiger partial charge in [-0.15, -0.1) is 0 Å². The third kappa shape index (κ3) is 4.73. The van der Waals surface area contributed by atoms with Crippen LogP contribution in [0.15, 0.2) is 29.4 Å². The molecule has 7 heteroatoms. The first-order valence-corrected chi connectivity index (χ1v) is 6.87. The number of nitrogens with zero attached hydrogens (tertiary/aromatic N) is 1. The molecule has 1 aromatic rings. The van der Waals surface area contributed by atoms with Gasteiger partial charge >= 0.3 is 0 Å². The Kier molecular flexibility index (Phi) is 4.33. The molecule has 0 unspecified atom stereocenters. The lowest BCUT2D eigenvalue weighted by Gasteiger charge is -2.05. The highest BCUT2D eigenvalue weighted by molar-refractivity contribution is 7.90. The second-order valence-corrected chi connectivity index (χ2v) is 5.75. The van der Waals surface area contributed by atoms with Crippen molar-refractivity contribution in [1.29, 1.82) is 0 Å². The van der Waals surface area contributed by atoms with Gasteiger partial charge in [0.05, 0.1) is 5.75 Å². The van der Waals surface area contributed by atoms with E-state index in [4.69, 9.17) is 15.7 Å². The van der Waals surface area contributed by atoms with Crippen LogP contribution in [-0.2, 0) is 9.84 Å². The fourth-order valence-electron chi connectivity index (χ4n) is 1.09. The summed E-state index contributed by atoms with van der Waals surface area (Å²) in [5.41, 5.74) is 5.94. The zero-order valence-corrected chi connectivity index (χ0v) is 10.1. The highest BCUT2D eigenvalue weighted by Crippen LogP contribution is 2.11. The van der Waals surface area contributed by atoms with Gasteiger partial charge in [0, 0.05) is 11.8 Å². The van der Waals surface area contributed by atoms with Gasteiger partial charge in [-0.05, 0) is 24.3 Å². The lowest BCUT2D eigenvalue weighted by atomic mass is 10.2. The van der Waals surface area contributed by atoms with Crippen molar-refractivity contribution in [3.63, 3.8) is 0 Å². The molecule has 0 aromatic heterocycles. The molecule has 6 nitrogen and oxygen atoms in total. The zero-order chi connectivity index (χ0) is 12.9. The van der Waals surface area contributed by atoms with Crippen LogP contribution in [0.3, 0.4) is 0 Å². The second kappa shape index (κ2) is 5.53. The Morgan fingerprint density at radius 2 is 2.00 bits per heavy atom. The Bertz CT molecular complexity index is 494. The molecular formula is C10H14N2O4S. The molecule has 1 aromatic carbocycles. The summed E-state index contributed by atoms with van der Waals surface area (Å²) in [5, 5.41) is 11.3. The van der Waals surface area contributed by atoms with E-state index < -0.39 is 9.84 Å². The van der Waals surface area contributed by atoms with Crippen LogP contribution in [-0.4, -0.2) is 38.1 Å². The van der Waals surface area contributed by atoms with Crippen LogP contribution in [0, 0.1) is 0 Å². The van der Waals surface area contributed by atoms with Gasteiger partial charge in [0.25, 0.3) is 0 Å². The first-order chi connectivity index (χ1) is 7.92. The minimum absolute atomic E-state index is 0.00712. The van der Waals surface area contributed by atoms with Crippen LogP contribution in [0.2, 0.25) is 0 Å². The average molecular weight is 258 g/mol. The zero-order valence-electron chi connectivity index (χ0n) is 9.33. The van der Waals surface area contributed by atoms with Crippen LogP contribution in [0.5, 0.6) is 5.75 Å². The maximum absolute atomic E-state index is 10.9. The Morgan fingerprint density at radius 3 is 2.47 bits per heavy atom. The highest BCUT2D eigenvalue weighted by Gasteiger charge is 2.03. The van der Waals surface area contributed by atoms with Crippen molar-refractivity contribution in [2.75, 3.05) is 18.6 Å². The van der Waals surface area contributed by atoms with Crippen LogP contribution in [0.25, 0.3) is 0 Å². The summed E-state index contributed by atoms with van der Waals surface area (Å²) < 4.78 is 27.0. The fourth-order valence-corrected chi connectivity index (χ4v) is 1.48. The van der Waals surface area contributed by atoms with Gasteiger partial charge in [-0.3, -0.25) is 0 Å². The first-order valence-electron chi connectivity index (χ1n) is 4.81. The van der Waals surface area contributed by atoms with Gasteiger partial charge < -0.3 is 15.7 Å². The third-order valence-electron chi connectivity index (χ3n) is 1.98. The molecule has 0 atom stereocenters. The lowest BCUT2D eigenvalue weighted by Crippen LogP contribution is -2.13. The van der Waals surface area contributed by atoms with Gasteiger partial charge in [0.1, 0.15) is 12.4 Å². The summed E-state index contributed by atoms with van der Waals surface area (Å²) in [5.74, 6) is 0.505. The van der Waals surface area contributed by atoms with E-state index in [2.05, 4.69) is 5.16 Å². The molecule has 0 fully saturated rings. The number of ether oxygens (including phenoxy) is 1. The summed E-state index contributed by atoms with van der Waals surface area (Å²) in [4.78, 5) is 0. The quantitative estimate of drug-likeness (QED) is 0.340. The molecule has 0 radical (unpaired) electrons. The number of sulfone groups is 1. The van der Waals surface area contributed by atoms with E-state index >= 15 is 0 Å². The van der Waals surface area contributed by atoms with Crippen molar-refractivity contribution in [2.45, 2.75) is 0 Å². The van der Waals surface area contributed by atoms with Gasteiger partial charge in [0.15, 0.2) is 15.7 Å². The summed E-state index contributed by atoms with van der Waals surface area (Å²) in [6, 6.07) is 6.47. The van der Waals surface area contributed by atoms with Crippen LogP contribution < -0.4 is 10.5 Å². The van der Waals surface area contributed by atoms with Crippen molar-refractivity contribution in [3.8, 4) is 5.75 Å². The molecule has 1 rings (SSSR count). The molecule has 0 aliphatic carbocycles. The van der Waals surface area contributed by atoms with E-state index in [1.54, 1.807) is 24.3 Å². The number of benzene rings is 1. The number of oxime groups is 1. The smallest absolute Gasteiger partial charge is 0.170 e. The summed E-state index contributed by atoms with van der Waals surface area (Å²) in [6.07, 6.45) is 1.15. The van der Waals surface area contributed by atoms with Gasteiger partial charge in [-0.25, -0.2) is 8.42 Å². The molecule has 0 saturated carbocycles. The molecule has 0 saturated heterocycles. The van der Waals surface area contributed by atoms with E-state index in [1.165, 1.54) is 0 Å². The Hall–Kier alpha value is -1.76. The molecule has 0 aliphatic rings. The number of amidine groups is 1. The van der Waals surface area contributed by atoms with Gasteiger partial charge in [-0.1, -0.05) is 5.16 Å². The Morgan fingerprint density at radius 1 is 1.41 bits per heavy atom. The highest BCUT2D eigenvalue weighted by atomic mass is 32.2. The van der Waals surface area contributed by atoms with E-state index in [1.807, 2.05) is 0 Å². The molecule has 0 amide bonds. The largest absolute Gasteiger partial charge is 0.493 e. The minimum Gasteiger partial charge on any atom is -0.493 e. The summed E-state index contributed by atoms with van der Waals surface area (Å²) in [7, 11) is -3.02. The number of rotatable bonds is 5. The molecule has 0 aliphatic heterocycles. The SMILES string of the molecule is CS(=O)(=O)CCOc1ccc(/C(N)=N/O)cc1. The maximum atomic E-state index is 10.9. The average Bonchev–Trinajstić information content (AvgIpc) is 2.27. The molecule has 17 heavy (non-hydrogen) atoms. The maximum Gasteiger partial charge on any atom is 0.170 e. The van der Waals surface area contributed by atoms with Crippen molar-refractivity contribution in [3.05, 3.63) is 29.8 Å². The van der Waals surface area contributed by atoms with Crippen molar-refractivity contribution in [2.24, 2.45) is 10.9 Å². The lowest BCUT2D eigenvalue weighted by molar-refractivity contribution is 0.318. The predicted octanol–water partition coefficient (Wildman–Crippen LogP) is 0.204. The van der Waals surface area contributed by atoms with Crippen molar-refractivity contribution >= 4 is 15.7 Å². The van der Waals surface area contributed by atoms with E-state index in [-0.39, 0.29) is 18.2 Å². The molecule has 0 spiro atoms. The van der Waals surface area contributed by atoms with Crippen LogP contribution in [0.1, 0.15) is 5.56 Å². The minimum atomic E-state index is -3.02. The summed E-state index contributed by atoms with van der Waals surface area (Å²) in [6.45, 7) is 0.0990. The summed E-state index contributed by atoms with van der Waals surface area (Å²) >= 11 is 0. The van der Waals surface area contributed by atoms with Crippen LogP contribution in [0.4, 0.5) is 0 Å². The van der Waals surface area contributed by atoms with Crippen molar-refractivity contribution < 1.29 is 18.4 Å². The number of nitrogens with two attached hydrogens (primary N) is 1. The number of hydrogen-bond acceptors (Lipinski definition) is 5. The normalized spacial score (nSPS) is 12.4. The Balaban J connectivity index is 2.57. The van der Waals surface area contributed by atoms with E-state index in [0.29, 0.717) is 11.3 Å². The molecule has 0 bridgehead atoms. The van der Waals surface area contributed by atoms with Crippen LogP contribution >= 0.6 is 0 Å². The van der Waals surface area contributed by atoms with Crippen molar-refractivity contribution in [1.82, 2.24) is 0 Å². The Labute approximate surface area is 99.6 Å². The molecule has 0 heterocycles. The number of hydrogen-bond donors (Lipinski definition) is 2. The van der Waals surface area contributed by atoms with Gasteiger partial charge in [0.2, 0.25) is 0 Å². The topological polar surface area (TPSA) is 102 Å². The van der Waals surface area contributed by atoms with E-state index in [0.717, 1.165) is 6.26 Å². The first kappa shape index (κ1) is 13.3. The molecule has 3 N–H and O–H groups in total. The second-order valence-electron chi connectivity index (χ2n) is 3.49. The molecular weight excluding hydrogens is 244 g/mol. The fraction of sp³-hybridized carbons (Fsp3) is 0.300. The third-order valence-corrected chi connectivity index (χ3v) is 2.89. The monoisotopic (exact) mass is 258 g/mol. The van der Waals surface area contributed by atoms with Gasteiger partial charge in [-0.2, -0.15) is 0 Å². The standard InChI is InChI=1S/C10H14N2O4S/c1-17(14,15)7-6-16-9-4-2-8(3-5-9)10(11)12-13/h2-5,13H,6-7H2,1H3,(H2,11,12). The van der Waals surface area contributed by atoms with E-state index in [9.17, 15) is 8.42 Å². The molecule has 94 valence electrons.